The molecule has 0 bridgehead atoms. The zero-order valence-electron chi connectivity index (χ0n) is 9.38. The van der Waals surface area contributed by atoms with Gasteiger partial charge in [-0.1, -0.05) is 0 Å². The van der Waals surface area contributed by atoms with Crippen LogP contribution < -0.4 is 0 Å². The number of aryl methyl sites for hydroxylation is 1. The summed E-state index contributed by atoms with van der Waals surface area (Å²) >= 11 is 0. The minimum absolute atomic E-state index is 0.136. The molecule has 16 heavy (non-hydrogen) atoms. The highest BCUT2D eigenvalue weighted by molar-refractivity contribution is 5.23. The summed E-state index contributed by atoms with van der Waals surface area (Å²) in [6.45, 7) is 0.758. The first-order valence-corrected chi connectivity index (χ1v) is 5.07. The standard InChI is InChI=1S/C11H15F3N2/c1-16(2)8-4-6-10-9(11(12,13)14)5-3-7-15-10/h3,5,7H,4,6,8H2,1-2H3. The molecule has 0 fully saturated rings. The van der Waals surface area contributed by atoms with Gasteiger partial charge in [-0.25, -0.2) is 0 Å². The van der Waals surface area contributed by atoms with Crippen LogP contribution in [0.3, 0.4) is 0 Å². The molecule has 0 aliphatic rings. The van der Waals surface area contributed by atoms with E-state index in [1.165, 1.54) is 12.3 Å². The van der Waals surface area contributed by atoms with Crippen LogP contribution >= 0.6 is 0 Å². The number of pyridine rings is 1. The molecule has 90 valence electrons. The van der Waals surface area contributed by atoms with Gasteiger partial charge in [-0.2, -0.15) is 13.2 Å². The fourth-order valence-corrected chi connectivity index (χ4v) is 1.46. The predicted octanol–water partition coefficient (Wildman–Crippen LogP) is 2.59. The largest absolute Gasteiger partial charge is 0.418 e. The maximum atomic E-state index is 12.6. The fraction of sp³-hybridized carbons (Fsp3) is 0.545. The Kier molecular flexibility index (Phi) is 4.29. The number of rotatable bonds is 4. The van der Waals surface area contributed by atoms with Gasteiger partial charge in [-0.15, -0.1) is 0 Å². The van der Waals surface area contributed by atoms with Crippen molar-refractivity contribution in [2.24, 2.45) is 0 Å². The van der Waals surface area contributed by atoms with E-state index in [-0.39, 0.29) is 5.69 Å². The van der Waals surface area contributed by atoms with Crippen LogP contribution in [0.2, 0.25) is 0 Å². The summed E-state index contributed by atoms with van der Waals surface area (Å²) in [4.78, 5) is 5.74. The summed E-state index contributed by atoms with van der Waals surface area (Å²) < 4.78 is 37.8. The first kappa shape index (κ1) is 13.0. The van der Waals surface area contributed by atoms with Gasteiger partial charge in [-0.3, -0.25) is 4.98 Å². The highest BCUT2D eigenvalue weighted by Gasteiger charge is 2.33. The van der Waals surface area contributed by atoms with Gasteiger partial charge in [0.05, 0.1) is 11.3 Å². The molecule has 0 saturated carbocycles. The Hall–Kier alpha value is -1.10. The zero-order valence-corrected chi connectivity index (χ0v) is 9.38. The van der Waals surface area contributed by atoms with Gasteiger partial charge >= 0.3 is 6.18 Å². The average molecular weight is 232 g/mol. The van der Waals surface area contributed by atoms with Crippen molar-refractivity contribution >= 4 is 0 Å². The molecule has 1 heterocycles. The van der Waals surface area contributed by atoms with Crippen molar-refractivity contribution in [3.05, 3.63) is 29.6 Å². The van der Waals surface area contributed by atoms with Crippen molar-refractivity contribution < 1.29 is 13.2 Å². The first-order chi connectivity index (χ1) is 7.41. The molecule has 0 aromatic carbocycles. The lowest BCUT2D eigenvalue weighted by molar-refractivity contribution is -0.138. The Morgan fingerprint density at radius 1 is 1.31 bits per heavy atom. The summed E-state index contributed by atoms with van der Waals surface area (Å²) in [6, 6.07) is 2.40. The molecule has 5 heteroatoms. The normalized spacial score (nSPS) is 12.1. The Morgan fingerprint density at radius 2 is 2.00 bits per heavy atom. The summed E-state index contributed by atoms with van der Waals surface area (Å²) in [5, 5.41) is 0. The topological polar surface area (TPSA) is 16.1 Å². The molecular formula is C11H15F3N2. The monoisotopic (exact) mass is 232 g/mol. The van der Waals surface area contributed by atoms with E-state index in [2.05, 4.69) is 4.98 Å². The maximum absolute atomic E-state index is 12.6. The number of aromatic nitrogens is 1. The number of halogens is 3. The molecule has 0 saturated heterocycles. The smallest absolute Gasteiger partial charge is 0.309 e. The van der Waals surface area contributed by atoms with Crippen LogP contribution in [0.25, 0.3) is 0 Å². The lowest BCUT2D eigenvalue weighted by Gasteiger charge is -2.13. The van der Waals surface area contributed by atoms with Gasteiger partial charge in [0.1, 0.15) is 0 Å². The lowest BCUT2D eigenvalue weighted by atomic mass is 10.1. The SMILES string of the molecule is CN(C)CCCc1ncccc1C(F)(F)F. The average Bonchev–Trinajstić information content (AvgIpc) is 2.16. The van der Waals surface area contributed by atoms with Crippen LogP contribution in [0.5, 0.6) is 0 Å². The second-order valence-corrected chi connectivity index (χ2v) is 3.90. The molecule has 0 spiro atoms. The molecule has 0 amide bonds. The van der Waals surface area contributed by atoms with Gasteiger partial charge in [-0.05, 0) is 45.6 Å². The van der Waals surface area contributed by atoms with E-state index in [0.717, 1.165) is 12.6 Å². The molecule has 0 atom stereocenters. The minimum atomic E-state index is -4.30. The number of nitrogens with zero attached hydrogens (tertiary/aromatic N) is 2. The highest BCUT2D eigenvalue weighted by Crippen LogP contribution is 2.31. The lowest BCUT2D eigenvalue weighted by Crippen LogP contribution is -2.15. The van der Waals surface area contributed by atoms with Crippen LogP contribution in [0, 0.1) is 0 Å². The molecule has 0 aliphatic heterocycles. The van der Waals surface area contributed by atoms with E-state index in [4.69, 9.17) is 0 Å². The molecule has 1 aromatic heterocycles. The molecule has 2 nitrogen and oxygen atoms in total. The van der Waals surface area contributed by atoms with Crippen molar-refractivity contribution in [2.45, 2.75) is 19.0 Å². The molecule has 1 aromatic rings. The molecule has 0 N–H and O–H groups in total. The minimum Gasteiger partial charge on any atom is -0.309 e. The second-order valence-electron chi connectivity index (χ2n) is 3.90. The van der Waals surface area contributed by atoms with Crippen molar-refractivity contribution in [1.29, 1.82) is 0 Å². The third kappa shape index (κ3) is 3.81. The van der Waals surface area contributed by atoms with Crippen LogP contribution in [0.1, 0.15) is 17.7 Å². The van der Waals surface area contributed by atoms with Gasteiger partial charge in [0.25, 0.3) is 0 Å². The summed E-state index contributed by atoms with van der Waals surface area (Å²) in [6.07, 6.45) is -1.87. The maximum Gasteiger partial charge on any atom is 0.418 e. The van der Waals surface area contributed by atoms with Crippen LogP contribution in [0.4, 0.5) is 13.2 Å². The molecule has 0 unspecified atom stereocenters. The van der Waals surface area contributed by atoms with E-state index in [9.17, 15) is 13.2 Å². The molecule has 1 rings (SSSR count). The van der Waals surface area contributed by atoms with Gasteiger partial charge < -0.3 is 4.90 Å². The van der Waals surface area contributed by atoms with Crippen molar-refractivity contribution in [2.75, 3.05) is 20.6 Å². The van der Waals surface area contributed by atoms with Crippen molar-refractivity contribution in [3.8, 4) is 0 Å². The summed E-state index contributed by atoms with van der Waals surface area (Å²) in [7, 11) is 3.78. The van der Waals surface area contributed by atoms with Gasteiger partial charge in [0.15, 0.2) is 0 Å². The zero-order chi connectivity index (χ0) is 12.2. The van der Waals surface area contributed by atoms with Crippen LogP contribution in [-0.4, -0.2) is 30.5 Å². The van der Waals surface area contributed by atoms with E-state index in [0.29, 0.717) is 12.8 Å². The van der Waals surface area contributed by atoms with Crippen LogP contribution in [-0.2, 0) is 12.6 Å². The number of alkyl halides is 3. The third-order valence-electron chi connectivity index (χ3n) is 2.21. The fourth-order valence-electron chi connectivity index (χ4n) is 1.46. The van der Waals surface area contributed by atoms with Crippen molar-refractivity contribution in [3.63, 3.8) is 0 Å². The quantitative estimate of drug-likeness (QED) is 0.793. The predicted molar refractivity (Wildman–Crippen MR) is 56.1 cm³/mol. The number of hydrogen-bond donors (Lipinski definition) is 0. The van der Waals surface area contributed by atoms with E-state index in [1.807, 2.05) is 19.0 Å². The van der Waals surface area contributed by atoms with E-state index >= 15 is 0 Å². The summed E-state index contributed by atoms with van der Waals surface area (Å²) in [5.41, 5.74) is -0.481. The van der Waals surface area contributed by atoms with Gasteiger partial charge in [0.2, 0.25) is 0 Å². The Bertz CT molecular complexity index is 334. The summed E-state index contributed by atoms with van der Waals surface area (Å²) in [5.74, 6) is 0. The molecule has 0 aliphatic carbocycles. The molecule has 0 radical (unpaired) electrons. The third-order valence-corrected chi connectivity index (χ3v) is 2.21. The Balaban J connectivity index is 2.72. The van der Waals surface area contributed by atoms with Crippen LogP contribution in [0.15, 0.2) is 18.3 Å². The van der Waals surface area contributed by atoms with Gasteiger partial charge in [0, 0.05) is 6.20 Å². The Labute approximate surface area is 93.1 Å². The van der Waals surface area contributed by atoms with E-state index < -0.39 is 11.7 Å². The Morgan fingerprint density at radius 3 is 2.56 bits per heavy atom. The highest BCUT2D eigenvalue weighted by atomic mass is 19.4. The molecular weight excluding hydrogens is 217 g/mol. The van der Waals surface area contributed by atoms with E-state index in [1.54, 1.807) is 0 Å². The number of hydrogen-bond acceptors (Lipinski definition) is 2. The first-order valence-electron chi connectivity index (χ1n) is 5.07. The second kappa shape index (κ2) is 5.30. The van der Waals surface area contributed by atoms with Crippen molar-refractivity contribution in [1.82, 2.24) is 9.88 Å².